The van der Waals surface area contributed by atoms with Crippen LogP contribution in [-0.4, -0.2) is 43.4 Å². The maximum absolute atomic E-state index is 8.60. The summed E-state index contributed by atoms with van der Waals surface area (Å²) in [6.07, 6.45) is 0. The Bertz CT molecular complexity index is 98.3. The van der Waals surface area contributed by atoms with Gasteiger partial charge in [-0.15, -0.1) is 0 Å². The van der Waals surface area contributed by atoms with Gasteiger partial charge in [-0.05, 0) is 0 Å². The molecule has 0 heterocycles. The predicted octanol–water partition coefficient (Wildman–Crippen LogP) is -1.11. The average molecular weight is 175 g/mol. The van der Waals surface area contributed by atoms with Crippen molar-refractivity contribution in [1.82, 2.24) is 10.6 Å². The first-order chi connectivity index (χ1) is 5.66. The number of rotatable bonds is 7. The van der Waals surface area contributed by atoms with Gasteiger partial charge in [0.05, 0.1) is 6.61 Å². The molecule has 0 fully saturated rings. The van der Waals surface area contributed by atoms with Gasteiger partial charge >= 0.3 is 0 Å². The van der Waals surface area contributed by atoms with Crippen molar-refractivity contribution in [3.05, 3.63) is 0 Å². The first-order valence-corrected chi connectivity index (χ1v) is 4.47. The van der Waals surface area contributed by atoms with E-state index in [4.69, 9.17) is 10.8 Å². The van der Waals surface area contributed by atoms with Gasteiger partial charge in [-0.25, -0.2) is 0 Å². The minimum atomic E-state index is -0.135. The fourth-order valence-corrected chi connectivity index (χ4v) is 0.801. The second kappa shape index (κ2) is 7.49. The van der Waals surface area contributed by atoms with Crippen molar-refractivity contribution in [2.75, 3.05) is 26.2 Å². The summed E-state index contributed by atoms with van der Waals surface area (Å²) >= 11 is 0. The topological polar surface area (TPSA) is 70.3 Å². The second-order valence-electron chi connectivity index (χ2n) is 3.26. The molecule has 4 heteroatoms. The molecule has 1 unspecified atom stereocenters. The summed E-state index contributed by atoms with van der Waals surface area (Å²) in [4.78, 5) is 0. The molecule has 0 aliphatic carbocycles. The van der Waals surface area contributed by atoms with E-state index in [1.165, 1.54) is 0 Å². The zero-order valence-corrected chi connectivity index (χ0v) is 8.01. The normalized spacial score (nSPS) is 13.8. The summed E-state index contributed by atoms with van der Waals surface area (Å²) in [7, 11) is 0. The first-order valence-electron chi connectivity index (χ1n) is 4.47. The lowest BCUT2D eigenvalue weighted by molar-refractivity contribution is 0.262. The van der Waals surface area contributed by atoms with E-state index in [9.17, 15) is 0 Å². The van der Waals surface area contributed by atoms with E-state index >= 15 is 0 Å². The maximum Gasteiger partial charge on any atom is 0.0594 e. The molecule has 1 atom stereocenters. The number of aliphatic hydroxyl groups is 1. The van der Waals surface area contributed by atoms with Crippen LogP contribution in [0.2, 0.25) is 0 Å². The van der Waals surface area contributed by atoms with Gasteiger partial charge in [-0.1, -0.05) is 13.8 Å². The minimum Gasteiger partial charge on any atom is -0.395 e. The lowest BCUT2D eigenvalue weighted by Gasteiger charge is -2.11. The zero-order valence-electron chi connectivity index (χ0n) is 8.01. The molecule has 0 rings (SSSR count). The Morgan fingerprint density at radius 2 is 2.00 bits per heavy atom. The van der Waals surface area contributed by atoms with Crippen LogP contribution in [0.5, 0.6) is 0 Å². The number of nitrogens with one attached hydrogen (secondary N) is 2. The minimum absolute atomic E-state index is 0.0462. The third-order valence-corrected chi connectivity index (χ3v) is 1.50. The van der Waals surface area contributed by atoms with Gasteiger partial charge in [0.1, 0.15) is 0 Å². The van der Waals surface area contributed by atoms with Crippen molar-refractivity contribution in [2.24, 2.45) is 5.73 Å². The molecule has 74 valence electrons. The van der Waals surface area contributed by atoms with Crippen molar-refractivity contribution in [3.63, 3.8) is 0 Å². The summed E-state index contributed by atoms with van der Waals surface area (Å²) in [6, 6.07) is 0.391. The molecule has 0 radical (unpaired) electrons. The summed E-state index contributed by atoms with van der Waals surface area (Å²) in [5.74, 6) is 0. The fourth-order valence-electron chi connectivity index (χ4n) is 0.801. The summed E-state index contributed by atoms with van der Waals surface area (Å²) in [5, 5.41) is 15.0. The number of hydrogen-bond acceptors (Lipinski definition) is 4. The molecule has 0 saturated heterocycles. The molecule has 4 nitrogen and oxygen atoms in total. The smallest absolute Gasteiger partial charge is 0.0594 e. The molecule has 12 heavy (non-hydrogen) atoms. The van der Waals surface area contributed by atoms with Crippen LogP contribution in [-0.2, 0) is 0 Å². The monoisotopic (exact) mass is 175 g/mol. The molecule has 0 bridgehead atoms. The van der Waals surface area contributed by atoms with E-state index in [1.54, 1.807) is 0 Å². The average Bonchev–Trinajstić information content (AvgIpc) is 2.03. The van der Waals surface area contributed by atoms with Crippen LogP contribution in [0.3, 0.4) is 0 Å². The van der Waals surface area contributed by atoms with Crippen molar-refractivity contribution in [2.45, 2.75) is 25.9 Å². The molecule has 0 aromatic heterocycles. The van der Waals surface area contributed by atoms with Gasteiger partial charge in [-0.3, -0.25) is 0 Å². The van der Waals surface area contributed by atoms with E-state index in [-0.39, 0.29) is 12.6 Å². The Balaban J connectivity index is 3.00. The maximum atomic E-state index is 8.60. The Labute approximate surface area is 74.5 Å². The summed E-state index contributed by atoms with van der Waals surface area (Å²) < 4.78 is 0. The van der Waals surface area contributed by atoms with E-state index < -0.39 is 0 Å². The quantitative estimate of drug-likeness (QED) is 0.370. The van der Waals surface area contributed by atoms with Gasteiger partial charge < -0.3 is 21.5 Å². The highest BCUT2D eigenvalue weighted by Gasteiger charge is 1.97. The van der Waals surface area contributed by atoms with Crippen LogP contribution in [0, 0.1) is 0 Å². The molecule has 5 N–H and O–H groups in total. The van der Waals surface area contributed by atoms with Crippen molar-refractivity contribution in [1.29, 1.82) is 0 Å². The van der Waals surface area contributed by atoms with Crippen molar-refractivity contribution < 1.29 is 5.11 Å². The lowest BCUT2D eigenvalue weighted by atomic mass is 10.3. The zero-order chi connectivity index (χ0) is 9.40. The molecule has 0 amide bonds. The van der Waals surface area contributed by atoms with Crippen molar-refractivity contribution >= 4 is 0 Å². The highest BCUT2D eigenvalue weighted by Crippen LogP contribution is 1.74. The molecule has 0 aromatic rings. The van der Waals surface area contributed by atoms with Crippen LogP contribution in [0.4, 0.5) is 0 Å². The molecule has 0 aromatic carbocycles. The fraction of sp³-hybridized carbons (Fsp3) is 1.00. The second-order valence-corrected chi connectivity index (χ2v) is 3.26. The van der Waals surface area contributed by atoms with Gasteiger partial charge in [-0.2, -0.15) is 0 Å². The first kappa shape index (κ1) is 11.8. The van der Waals surface area contributed by atoms with Gasteiger partial charge in [0.25, 0.3) is 0 Å². The highest BCUT2D eigenvalue weighted by molar-refractivity contribution is 4.63. The van der Waals surface area contributed by atoms with Crippen LogP contribution in [0.1, 0.15) is 13.8 Å². The van der Waals surface area contributed by atoms with Gasteiger partial charge in [0, 0.05) is 31.7 Å². The third-order valence-electron chi connectivity index (χ3n) is 1.50. The van der Waals surface area contributed by atoms with Crippen LogP contribution < -0.4 is 16.4 Å². The van der Waals surface area contributed by atoms with Crippen LogP contribution >= 0.6 is 0 Å². The van der Waals surface area contributed by atoms with Crippen LogP contribution in [0.15, 0.2) is 0 Å². The standard InChI is InChI=1S/C8H21N3O/c1-7(2)11-4-3-10-5-8(9)6-12/h7-8,10-12H,3-6,9H2,1-2H3. The van der Waals surface area contributed by atoms with Crippen LogP contribution in [0.25, 0.3) is 0 Å². The SMILES string of the molecule is CC(C)NCCNCC(N)CO. The lowest BCUT2D eigenvalue weighted by Crippen LogP contribution is -2.40. The number of hydrogen-bond donors (Lipinski definition) is 4. The number of nitrogens with two attached hydrogens (primary N) is 1. The highest BCUT2D eigenvalue weighted by atomic mass is 16.3. The summed E-state index contributed by atoms with van der Waals surface area (Å²) in [6.45, 7) is 6.78. The third kappa shape index (κ3) is 7.94. The van der Waals surface area contributed by atoms with Gasteiger partial charge in [0.15, 0.2) is 0 Å². The van der Waals surface area contributed by atoms with Crippen molar-refractivity contribution in [3.8, 4) is 0 Å². The predicted molar refractivity (Wildman–Crippen MR) is 51.1 cm³/mol. The number of aliphatic hydroxyl groups excluding tert-OH is 1. The Kier molecular flexibility index (Phi) is 7.39. The van der Waals surface area contributed by atoms with E-state index in [1.807, 2.05) is 0 Å². The molecule has 0 saturated carbocycles. The molecular formula is C8H21N3O. The molecule has 0 spiro atoms. The largest absolute Gasteiger partial charge is 0.395 e. The Hall–Kier alpha value is -0.160. The molecular weight excluding hydrogens is 154 g/mol. The Morgan fingerprint density at radius 1 is 1.33 bits per heavy atom. The van der Waals surface area contributed by atoms with Gasteiger partial charge in [0.2, 0.25) is 0 Å². The van der Waals surface area contributed by atoms with E-state index in [0.29, 0.717) is 12.6 Å². The molecule has 0 aliphatic rings. The van der Waals surface area contributed by atoms with E-state index in [2.05, 4.69) is 24.5 Å². The molecule has 0 aliphatic heterocycles. The van der Waals surface area contributed by atoms with E-state index in [0.717, 1.165) is 13.1 Å². The summed E-state index contributed by atoms with van der Waals surface area (Å²) in [5.41, 5.74) is 5.48. The Morgan fingerprint density at radius 3 is 2.50 bits per heavy atom.